The van der Waals surface area contributed by atoms with Crippen molar-refractivity contribution in [3.63, 3.8) is 0 Å². The Labute approximate surface area is 156 Å². The second-order valence-corrected chi connectivity index (χ2v) is 6.98. The van der Waals surface area contributed by atoms with Crippen molar-refractivity contribution in [2.45, 2.75) is 12.6 Å². The highest BCUT2D eigenvalue weighted by molar-refractivity contribution is 6.33. The van der Waals surface area contributed by atoms with Crippen LogP contribution in [0.5, 0.6) is 5.75 Å². The molecule has 6 heteroatoms. The first-order valence-corrected chi connectivity index (χ1v) is 8.70. The highest BCUT2D eigenvalue weighted by Gasteiger charge is 2.40. The van der Waals surface area contributed by atoms with Gasteiger partial charge in [0, 0.05) is 35.8 Å². The molecule has 0 spiro atoms. The average Bonchev–Trinajstić information content (AvgIpc) is 2.92. The van der Waals surface area contributed by atoms with Crippen LogP contribution in [0.15, 0.2) is 49.1 Å². The van der Waals surface area contributed by atoms with Gasteiger partial charge in [0.05, 0.1) is 6.04 Å². The molecular weight excluding hydrogens is 352 g/mol. The summed E-state index contributed by atoms with van der Waals surface area (Å²) in [4.78, 5) is 27.9. The Balaban J connectivity index is 1.57. The molecule has 0 bridgehead atoms. The van der Waals surface area contributed by atoms with E-state index in [9.17, 15) is 14.7 Å². The van der Waals surface area contributed by atoms with Gasteiger partial charge in [-0.15, -0.1) is 0 Å². The molecule has 26 heavy (non-hydrogen) atoms. The molecule has 2 aromatic carbocycles. The normalized spacial score (nSPS) is 16.4. The van der Waals surface area contributed by atoms with Gasteiger partial charge in [-0.05, 0) is 41.5 Å². The van der Waals surface area contributed by atoms with Crippen LogP contribution in [-0.4, -0.2) is 45.9 Å². The number of phenols is 1. The largest absolute Gasteiger partial charge is 0.508 e. The van der Waals surface area contributed by atoms with E-state index >= 15 is 0 Å². The molecular formula is C20H17ClN2O3. The molecule has 1 saturated heterocycles. The number of amides is 2. The fourth-order valence-electron chi connectivity index (χ4n) is 3.48. The lowest BCUT2D eigenvalue weighted by Gasteiger charge is -2.43. The minimum Gasteiger partial charge on any atom is -0.508 e. The topological polar surface area (TPSA) is 60.9 Å². The highest BCUT2D eigenvalue weighted by atomic mass is 35.5. The van der Waals surface area contributed by atoms with Crippen molar-refractivity contribution in [2.24, 2.45) is 0 Å². The standard InChI is InChI=1S/C20H17ClN2O3/c1-2-19(25)22-10-14(11-22)23-9-13-4-3-12(7-17(13)20(23)26)16-8-15(24)5-6-18(16)21/h2-8,14,24H,1,9-11H2. The van der Waals surface area contributed by atoms with E-state index in [0.29, 0.717) is 35.8 Å². The molecule has 0 unspecified atom stereocenters. The van der Waals surface area contributed by atoms with E-state index in [0.717, 1.165) is 11.1 Å². The quantitative estimate of drug-likeness (QED) is 0.847. The number of carbonyl (C=O) groups excluding carboxylic acids is 2. The van der Waals surface area contributed by atoms with Crippen LogP contribution in [0.1, 0.15) is 15.9 Å². The lowest BCUT2D eigenvalue weighted by molar-refractivity contribution is -0.132. The van der Waals surface area contributed by atoms with Crippen LogP contribution in [-0.2, 0) is 11.3 Å². The minimum atomic E-state index is -0.105. The monoisotopic (exact) mass is 368 g/mol. The van der Waals surface area contributed by atoms with Gasteiger partial charge >= 0.3 is 0 Å². The third kappa shape index (κ3) is 2.65. The smallest absolute Gasteiger partial charge is 0.254 e. The van der Waals surface area contributed by atoms with Crippen molar-refractivity contribution in [1.29, 1.82) is 0 Å². The second kappa shape index (κ2) is 6.18. The summed E-state index contributed by atoms with van der Waals surface area (Å²) < 4.78 is 0. The van der Waals surface area contributed by atoms with Crippen molar-refractivity contribution < 1.29 is 14.7 Å². The van der Waals surface area contributed by atoms with Crippen LogP contribution in [0.4, 0.5) is 0 Å². The Hall–Kier alpha value is -2.79. The maximum absolute atomic E-state index is 12.8. The molecule has 2 amide bonds. The number of fused-ring (bicyclic) bond motifs is 1. The fourth-order valence-corrected chi connectivity index (χ4v) is 3.71. The number of aromatic hydroxyl groups is 1. The van der Waals surface area contributed by atoms with Gasteiger partial charge in [0.2, 0.25) is 5.91 Å². The predicted molar refractivity (Wildman–Crippen MR) is 99.0 cm³/mol. The molecule has 2 aromatic rings. The SMILES string of the molecule is C=CC(=O)N1CC(N2Cc3ccc(-c4cc(O)ccc4Cl)cc3C2=O)C1. The Kier molecular flexibility index (Phi) is 3.96. The summed E-state index contributed by atoms with van der Waals surface area (Å²) >= 11 is 6.24. The van der Waals surface area contributed by atoms with E-state index in [1.807, 2.05) is 23.1 Å². The van der Waals surface area contributed by atoms with Crippen molar-refractivity contribution in [3.8, 4) is 16.9 Å². The fraction of sp³-hybridized carbons (Fsp3) is 0.200. The second-order valence-electron chi connectivity index (χ2n) is 6.57. The molecule has 5 nitrogen and oxygen atoms in total. The first kappa shape index (κ1) is 16.7. The maximum Gasteiger partial charge on any atom is 0.254 e. The van der Waals surface area contributed by atoms with Crippen LogP contribution in [0.3, 0.4) is 0 Å². The van der Waals surface area contributed by atoms with Gasteiger partial charge < -0.3 is 14.9 Å². The summed E-state index contributed by atoms with van der Waals surface area (Å²) in [5, 5.41) is 10.2. The zero-order valence-corrected chi connectivity index (χ0v) is 14.7. The number of rotatable bonds is 3. The van der Waals surface area contributed by atoms with Crippen LogP contribution in [0.2, 0.25) is 5.02 Å². The van der Waals surface area contributed by atoms with Crippen LogP contribution in [0, 0.1) is 0 Å². The molecule has 0 aliphatic carbocycles. The molecule has 2 heterocycles. The molecule has 2 aliphatic rings. The number of hydrogen-bond acceptors (Lipinski definition) is 3. The van der Waals surface area contributed by atoms with Crippen LogP contribution < -0.4 is 0 Å². The van der Waals surface area contributed by atoms with Crippen molar-refractivity contribution in [2.75, 3.05) is 13.1 Å². The first-order valence-electron chi connectivity index (χ1n) is 8.32. The molecule has 1 fully saturated rings. The number of halogens is 1. The van der Waals surface area contributed by atoms with Gasteiger partial charge in [-0.2, -0.15) is 0 Å². The van der Waals surface area contributed by atoms with Gasteiger partial charge in [-0.25, -0.2) is 0 Å². The predicted octanol–water partition coefficient (Wildman–Crippen LogP) is 3.07. The summed E-state index contributed by atoms with van der Waals surface area (Å²) in [6.07, 6.45) is 1.29. The zero-order valence-electron chi connectivity index (χ0n) is 14.0. The number of phenolic OH excluding ortho intramolecular Hbond substituents is 1. The molecule has 0 atom stereocenters. The molecule has 4 rings (SSSR count). The maximum atomic E-state index is 12.8. The summed E-state index contributed by atoms with van der Waals surface area (Å²) in [6.45, 7) is 5.10. The van der Waals surface area contributed by atoms with Gasteiger partial charge in [0.1, 0.15) is 5.75 Å². The molecule has 0 radical (unpaired) electrons. The molecule has 2 aliphatic heterocycles. The lowest BCUT2D eigenvalue weighted by Crippen LogP contribution is -2.60. The number of nitrogens with zero attached hydrogens (tertiary/aromatic N) is 2. The van der Waals surface area contributed by atoms with E-state index in [4.69, 9.17) is 11.6 Å². The number of benzene rings is 2. The van der Waals surface area contributed by atoms with Crippen molar-refractivity contribution >= 4 is 23.4 Å². The van der Waals surface area contributed by atoms with Gasteiger partial charge in [-0.3, -0.25) is 9.59 Å². The molecule has 0 aromatic heterocycles. The number of likely N-dealkylation sites (tertiary alicyclic amines) is 1. The summed E-state index contributed by atoms with van der Waals surface area (Å²) in [5.74, 6) is -0.0145. The Bertz CT molecular complexity index is 935. The van der Waals surface area contributed by atoms with Crippen LogP contribution >= 0.6 is 11.6 Å². The number of hydrogen-bond donors (Lipinski definition) is 1. The van der Waals surface area contributed by atoms with Gasteiger partial charge in [-0.1, -0.05) is 30.3 Å². The Morgan fingerprint density at radius 2 is 1.96 bits per heavy atom. The Morgan fingerprint density at radius 1 is 1.19 bits per heavy atom. The average molecular weight is 369 g/mol. The van der Waals surface area contributed by atoms with E-state index < -0.39 is 0 Å². The third-order valence-electron chi connectivity index (χ3n) is 4.99. The molecule has 0 saturated carbocycles. The van der Waals surface area contributed by atoms with Gasteiger partial charge in [0.25, 0.3) is 5.91 Å². The zero-order chi connectivity index (χ0) is 18.4. The van der Waals surface area contributed by atoms with E-state index in [1.165, 1.54) is 12.1 Å². The van der Waals surface area contributed by atoms with E-state index in [2.05, 4.69) is 6.58 Å². The molecule has 1 N–H and O–H groups in total. The Morgan fingerprint density at radius 3 is 2.69 bits per heavy atom. The van der Waals surface area contributed by atoms with Crippen molar-refractivity contribution in [3.05, 3.63) is 65.2 Å². The van der Waals surface area contributed by atoms with Crippen molar-refractivity contribution in [1.82, 2.24) is 9.80 Å². The van der Waals surface area contributed by atoms with E-state index in [1.54, 1.807) is 17.0 Å². The van der Waals surface area contributed by atoms with E-state index in [-0.39, 0.29) is 23.6 Å². The molecule has 132 valence electrons. The summed E-state index contributed by atoms with van der Waals surface area (Å²) in [6, 6.07) is 10.4. The number of carbonyl (C=O) groups is 2. The highest BCUT2D eigenvalue weighted by Crippen LogP contribution is 2.35. The minimum absolute atomic E-state index is 0.0335. The van der Waals surface area contributed by atoms with Gasteiger partial charge in [0.15, 0.2) is 0 Å². The van der Waals surface area contributed by atoms with Crippen LogP contribution in [0.25, 0.3) is 11.1 Å². The first-order chi connectivity index (χ1) is 12.5. The third-order valence-corrected chi connectivity index (χ3v) is 5.32. The summed E-state index contributed by atoms with van der Waals surface area (Å²) in [5.41, 5.74) is 3.09. The lowest BCUT2D eigenvalue weighted by atomic mass is 10.00. The summed E-state index contributed by atoms with van der Waals surface area (Å²) in [7, 11) is 0.